The maximum absolute atomic E-state index is 14.0. The number of hydrogen-bond donors (Lipinski definition) is 1. The Morgan fingerprint density at radius 2 is 1.68 bits per heavy atom. The van der Waals surface area contributed by atoms with Crippen LogP contribution in [-0.4, -0.2) is 47.2 Å². The molecule has 1 saturated heterocycles. The van der Waals surface area contributed by atoms with Crippen LogP contribution in [0.5, 0.6) is 5.75 Å². The zero-order valence-electron chi connectivity index (χ0n) is 21.5. The first-order valence-electron chi connectivity index (χ1n) is 13.1. The van der Waals surface area contributed by atoms with Gasteiger partial charge in [0.15, 0.2) is 6.10 Å². The molecule has 0 bridgehead atoms. The second kappa shape index (κ2) is 11.8. The highest BCUT2D eigenvalue weighted by Gasteiger charge is 2.40. The highest BCUT2D eigenvalue weighted by Crippen LogP contribution is 2.36. The zero-order chi connectivity index (χ0) is 26.5. The smallest absolute Gasteiger partial charge is 0.326 e. The highest BCUT2D eigenvalue weighted by molar-refractivity contribution is 5.88. The Balaban J connectivity index is 1.44. The van der Waals surface area contributed by atoms with Crippen molar-refractivity contribution >= 4 is 11.9 Å². The summed E-state index contributed by atoms with van der Waals surface area (Å²) in [6, 6.07) is 22.1. The standard InChI is InChI=1S/C31H33NO6/c1-21-12-13-24-19-32(27(31(34)35)18-26(24)28(21)37-20-22-8-4-2-5-9-22)30(33)29(23-10-6-3-7-11-23)38-25-14-16-36-17-15-25/h2-13,25,27,29H,14-20H2,1H3,(H,34,35)/t27?,29-/m0/s1. The molecule has 7 heteroatoms. The van der Waals surface area contributed by atoms with Crippen molar-refractivity contribution in [3.63, 3.8) is 0 Å². The van der Waals surface area contributed by atoms with E-state index >= 15 is 0 Å². The molecule has 1 amide bonds. The van der Waals surface area contributed by atoms with Gasteiger partial charge in [0, 0.05) is 31.7 Å². The van der Waals surface area contributed by atoms with E-state index in [-0.39, 0.29) is 25.0 Å². The van der Waals surface area contributed by atoms with Crippen molar-refractivity contribution in [1.29, 1.82) is 0 Å². The number of carboxylic acids is 1. The molecule has 3 aromatic carbocycles. The van der Waals surface area contributed by atoms with Crippen LogP contribution in [0.4, 0.5) is 0 Å². The molecule has 7 nitrogen and oxygen atoms in total. The van der Waals surface area contributed by atoms with Crippen LogP contribution in [0, 0.1) is 6.92 Å². The SMILES string of the molecule is Cc1ccc2c(c1OCc1ccccc1)CC(C(=O)O)N(C(=O)[C@@H](OC1CCOCC1)c1ccccc1)C2. The summed E-state index contributed by atoms with van der Waals surface area (Å²) in [5.74, 6) is -0.687. The molecule has 2 aliphatic heterocycles. The van der Waals surface area contributed by atoms with Crippen molar-refractivity contribution in [2.45, 2.75) is 57.6 Å². The summed E-state index contributed by atoms with van der Waals surface area (Å²) < 4.78 is 18.0. The summed E-state index contributed by atoms with van der Waals surface area (Å²) >= 11 is 0. The van der Waals surface area contributed by atoms with E-state index in [1.165, 1.54) is 4.90 Å². The molecular weight excluding hydrogens is 482 g/mol. The summed E-state index contributed by atoms with van der Waals surface area (Å²) in [4.78, 5) is 28.0. The van der Waals surface area contributed by atoms with E-state index in [1.54, 1.807) is 0 Å². The Morgan fingerprint density at radius 3 is 2.37 bits per heavy atom. The number of amides is 1. The first-order valence-corrected chi connectivity index (χ1v) is 13.1. The Bertz CT molecular complexity index is 1260. The van der Waals surface area contributed by atoms with Crippen LogP contribution >= 0.6 is 0 Å². The number of carbonyl (C=O) groups excluding carboxylic acids is 1. The van der Waals surface area contributed by atoms with Crippen LogP contribution in [0.25, 0.3) is 0 Å². The third-order valence-electron chi connectivity index (χ3n) is 7.29. The van der Waals surface area contributed by atoms with Gasteiger partial charge in [0.2, 0.25) is 0 Å². The fourth-order valence-corrected chi connectivity index (χ4v) is 5.20. The predicted molar refractivity (Wildman–Crippen MR) is 142 cm³/mol. The summed E-state index contributed by atoms with van der Waals surface area (Å²) in [6.45, 7) is 3.68. The minimum atomic E-state index is -1.04. The van der Waals surface area contributed by atoms with Crippen LogP contribution in [0.15, 0.2) is 72.8 Å². The number of fused-ring (bicyclic) bond motifs is 1. The van der Waals surface area contributed by atoms with Crippen LogP contribution in [0.2, 0.25) is 0 Å². The van der Waals surface area contributed by atoms with Crippen LogP contribution in [-0.2, 0) is 38.6 Å². The molecule has 0 radical (unpaired) electrons. The molecular formula is C31H33NO6. The van der Waals surface area contributed by atoms with Crippen molar-refractivity contribution in [2.75, 3.05) is 13.2 Å². The van der Waals surface area contributed by atoms with Crippen LogP contribution in [0.1, 0.15) is 46.8 Å². The molecule has 2 heterocycles. The number of nitrogens with zero attached hydrogens (tertiary/aromatic N) is 1. The van der Waals surface area contributed by atoms with E-state index in [1.807, 2.05) is 79.7 Å². The first-order chi connectivity index (χ1) is 18.5. The number of carboxylic acid groups (broad SMARTS) is 1. The van der Waals surface area contributed by atoms with Crippen molar-refractivity contribution in [1.82, 2.24) is 4.90 Å². The largest absolute Gasteiger partial charge is 0.488 e. The molecule has 0 aliphatic carbocycles. The van der Waals surface area contributed by atoms with Crippen molar-refractivity contribution < 1.29 is 28.9 Å². The Kier molecular flexibility index (Phi) is 8.05. The number of carbonyl (C=O) groups is 2. The van der Waals surface area contributed by atoms with Gasteiger partial charge >= 0.3 is 5.97 Å². The number of rotatable bonds is 8. The van der Waals surface area contributed by atoms with E-state index in [4.69, 9.17) is 14.2 Å². The summed E-state index contributed by atoms with van der Waals surface area (Å²) in [5.41, 5.74) is 4.42. The maximum atomic E-state index is 14.0. The average Bonchev–Trinajstić information content (AvgIpc) is 2.96. The van der Waals surface area contributed by atoms with E-state index in [9.17, 15) is 14.7 Å². The van der Waals surface area contributed by atoms with E-state index in [0.717, 1.165) is 27.8 Å². The second-order valence-corrected chi connectivity index (χ2v) is 9.89. The van der Waals surface area contributed by atoms with E-state index in [0.29, 0.717) is 38.4 Å². The minimum Gasteiger partial charge on any atom is -0.488 e. The number of benzene rings is 3. The molecule has 1 fully saturated rings. The van der Waals surface area contributed by atoms with Gasteiger partial charge in [0.25, 0.3) is 5.91 Å². The second-order valence-electron chi connectivity index (χ2n) is 9.89. The van der Waals surface area contributed by atoms with Gasteiger partial charge in [-0.2, -0.15) is 0 Å². The van der Waals surface area contributed by atoms with Gasteiger partial charge in [0.1, 0.15) is 18.4 Å². The molecule has 1 unspecified atom stereocenters. The molecule has 3 aromatic rings. The van der Waals surface area contributed by atoms with Gasteiger partial charge in [-0.3, -0.25) is 4.79 Å². The lowest BCUT2D eigenvalue weighted by atomic mass is 9.90. The Hall–Kier alpha value is -3.68. The monoisotopic (exact) mass is 515 g/mol. The lowest BCUT2D eigenvalue weighted by Crippen LogP contribution is -2.51. The topological polar surface area (TPSA) is 85.3 Å². The fraction of sp³-hybridized carbons (Fsp3) is 0.355. The highest BCUT2D eigenvalue weighted by atomic mass is 16.5. The lowest BCUT2D eigenvalue weighted by molar-refractivity contribution is -0.162. The zero-order valence-corrected chi connectivity index (χ0v) is 21.5. The van der Waals surface area contributed by atoms with Crippen LogP contribution < -0.4 is 4.74 Å². The molecule has 0 spiro atoms. The summed E-state index contributed by atoms with van der Waals surface area (Å²) in [6.07, 6.45) is 0.550. The number of hydrogen-bond acceptors (Lipinski definition) is 5. The van der Waals surface area contributed by atoms with Crippen LogP contribution in [0.3, 0.4) is 0 Å². The van der Waals surface area contributed by atoms with E-state index < -0.39 is 18.1 Å². The van der Waals surface area contributed by atoms with Gasteiger partial charge in [0.05, 0.1) is 6.10 Å². The van der Waals surface area contributed by atoms with Crippen molar-refractivity contribution in [3.05, 3.63) is 101 Å². The molecule has 0 saturated carbocycles. The predicted octanol–water partition coefficient (Wildman–Crippen LogP) is 4.85. The maximum Gasteiger partial charge on any atom is 0.326 e. The first kappa shape index (κ1) is 25.9. The van der Waals surface area contributed by atoms with Crippen molar-refractivity contribution in [3.8, 4) is 5.75 Å². The van der Waals surface area contributed by atoms with Gasteiger partial charge in [-0.25, -0.2) is 4.79 Å². The summed E-state index contributed by atoms with van der Waals surface area (Å²) in [5, 5.41) is 10.2. The fourth-order valence-electron chi connectivity index (χ4n) is 5.20. The third kappa shape index (κ3) is 5.74. The molecule has 0 aromatic heterocycles. The average molecular weight is 516 g/mol. The molecule has 5 rings (SSSR count). The normalized spacial score (nSPS) is 18.4. The third-order valence-corrected chi connectivity index (χ3v) is 7.29. The minimum absolute atomic E-state index is 0.126. The molecule has 1 N–H and O–H groups in total. The number of ether oxygens (including phenoxy) is 3. The number of aryl methyl sites for hydroxylation is 1. The molecule has 198 valence electrons. The Morgan fingerprint density at radius 1 is 1.00 bits per heavy atom. The molecule has 2 atom stereocenters. The van der Waals surface area contributed by atoms with Gasteiger partial charge in [-0.1, -0.05) is 72.8 Å². The van der Waals surface area contributed by atoms with E-state index in [2.05, 4.69) is 0 Å². The van der Waals surface area contributed by atoms with Crippen molar-refractivity contribution in [2.24, 2.45) is 0 Å². The summed E-state index contributed by atoms with van der Waals surface area (Å²) in [7, 11) is 0. The molecule has 38 heavy (non-hydrogen) atoms. The number of aliphatic carboxylic acids is 1. The van der Waals surface area contributed by atoms with Gasteiger partial charge < -0.3 is 24.2 Å². The Labute approximate surface area is 222 Å². The lowest BCUT2D eigenvalue weighted by Gasteiger charge is -2.38. The quantitative estimate of drug-likeness (QED) is 0.462. The van der Waals surface area contributed by atoms with Gasteiger partial charge in [-0.15, -0.1) is 0 Å². The van der Waals surface area contributed by atoms with Gasteiger partial charge in [-0.05, 0) is 42.0 Å². The molecule has 2 aliphatic rings.